The summed E-state index contributed by atoms with van der Waals surface area (Å²) in [6, 6.07) is 8.85. The Morgan fingerprint density at radius 2 is 1.81 bits per heavy atom. The summed E-state index contributed by atoms with van der Waals surface area (Å²) in [4.78, 5) is 37.0. The van der Waals surface area contributed by atoms with Gasteiger partial charge in [0.1, 0.15) is 17.3 Å². The molecule has 136 valence electrons. The number of carbonyl (C=O) groups excluding carboxylic acids is 2. The maximum atomic E-state index is 12.8. The molecule has 7 heteroatoms. The fraction of sp³-hybridized carbons (Fsp3) is 0.368. The molecule has 0 atom stereocenters. The van der Waals surface area contributed by atoms with Crippen molar-refractivity contribution in [3.05, 3.63) is 47.4 Å². The lowest BCUT2D eigenvalue weighted by molar-refractivity contribution is 0.0657. The second kappa shape index (κ2) is 7.61. The molecule has 1 aromatic carbocycles. The highest BCUT2D eigenvalue weighted by Gasteiger charge is 2.22. The second-order valence-corrected chi connectivity index (χ2v) is 6.54. The van der Waals surface area contributed by atoms with E-state index in [0.717, 1.165) is 18.8 Å². The smallest absolute Gasteiger partial charge is 0.272 e. The van der Waals surface area contributed by atoms with Gasteiger partial charge in [0.2, 0.25) is 0 Å². The molecule has 26 heavy (non-hydrogen) atoms. The summed E-state index contributed by atoms with van der Waals surface area (Å²) in [5.74, 6) is 0.980. The largest absolute Gasteiger partial charge is 0.340 e. The first-order valence-electron chi connectivity index (χ1n) is 8.64. The Labute approximate surface area is 153 Å². The molecular weight excluding hydrogens is 330 g/mol. The van der Waals surface area contributed by atoms with Gasteiger partial charge in [-0.1, -0.05) is 12.1 Å². The van der Waals surface area contributed by atoms with Gasteiger partial charge in [-0.05, 0) is 33.0 Å². The third-order valence-electron chi connectivity index (χ3n) is 4.39. The van der Waals surface area contributed by atoms with Crippen LogP contribution in [-0.4, -0.2) is 64.7 Å². The summed E-state index contributed by atoms with van der Waals surface area (Å²) in [6.45, 7) is 6.40. The number of piperazine rings is 1. The van der Waals surface area contributed by atoms with Crippen molar-refractivity contribution in [1.29, 1.82) is 0 Å². The van der Waals surface area contributed by atoms with Gasteiger partial charge in [0.15, 0.2) is 5.78 Å². The molecule has 0 aliphatic carbocycles. The van der Waals surface area contributed by atoms with Crippen LogP contribution in [0.5, 0.6) is 0 Å². The zero-order valence-corrected chi connectivity index (χ0v) is 15.3. The van der Waals surface area contributed by atoms with E-state index in [0.29, 0.717) is 36.0 Å². The average molecular weight is 353 g/mol. The lowest BCUT2D eigenvalue weighted by Gasteiger charge is -2.32. The van der Waals surface area contributed by atoms with E-state index in [4.69, 9.17) is 0 Å². The van der Waals surface area contributed by atoms with Crippen LogP contribution >= 0.6 is 0 Å². The molecule has 0 bridgehead atoms. The van der Waals surface area contributed by atoms with Crippen LogP contribution in [-0.2, 0) is 0 Å². The highest BCUT2D eigenvalue weighted by molar-refractivity contribution is 5.95. The molecule has 2 heterocycles. The summed E-state index contributed by atoms with van der Waals surface area (Å²) >= 11 is 0. The SMILES string of the molecule is CC(=O)c1cccc(Nc2cc(C(=O)N3CCN(C)CC3)nc(C)n2)c1. The highest BCUT2D eigenvalue weighted by Crippen LogP contribution is 2.18. The van der Waals surface area contributed by atoms with Crippen molar-refractivity contribution in [1.82, 2.24) is 19.8 Å². The fourth-order valence-electron chi connectivity index (χ4n) is 2.88. The van der Waals surface area contributed by atoms with E-state index in [2.05, 4.69) is 20.2 Å². The van der Waals surface area contributed by atoms with E-state index < -0.39 is 0 Å². The molecule has 1 aliphatic heterocycles. The number of likely N-dealkylation sites (N-methyl/N-ethyl adjacent to an activating group) is 1. The van der Waals surface area contributed by atoms with Crippen LogP contribution in [0.4, 0.5) is 11.5 Å². The van der Waals surface area contributed by atoms with Gasteiger partial charge in [-0.3, -0.25) is 9.59 Å². The minimum Gasteiger partial charge on any atom is -0.340 e. The summed E-state index contributed by atoms with van der Waals surface area (Å²) in [7, 11) is 2.05. The van der Waals surface area contributed by atoms with E-state index in [1.165, 1.54) is 6.92 Å². The molecule has 1 fully saturated rings. The number of Topliss-reactive ketones (excluding diaryl/α,β-unsaturated/α-hetero) is 1. The van der Waals surface area contributed by atoms with Crippen molar-refractivity contribution in [2.75, 3.05) is 38.5 Å². The van der Waals surface area contributed by atoms with Crippen molar-refractivity contribution < 1.29 is 9.59 Å². The van der Waals surface area contributed by atoms with Crippen molar-refractivity contribution in [3.63, 3.8) is 0 Å². The number of carbonyl (C=O) groups is 2. The van der Waals surface area contributed by atoms with E-state index in [1.807, 2.05) is 24.1 Å². The van der Waals surface area contributed by atoms with Crippen LogP contribution in [0.3, 0.4) is 0 Å². The van der Waals surface area contributed by atoms with Crippen molar-refractivity contribution in [3.8, 4) is 0 Å². The van der Waals surface area contributed by atoms with Gasteiger partial charge in [0, 0.05) is 43.5 Å². The number of anilines is 2. The Kier molecular flexibility index (Phi) is 5.27. The maximum Gasteiger partial charge on any atom is 0.272 e. The lowest BCUT2D eigenvalue weighted by Crippen LogP contribution is -2.47. The van der Waals surface area contributed by atoms with Gasteiger partial charge in [-0.15, -0.1) is 0 Å². The van der Waals surface area contributed by atoms with Gasteiger partial charge >= 0.3 is 0 Å². The zero-order chi connectivity index (χ0) is 18.7. The van der Waals surface area contributed by atoms with E-state index in [1.54, 1.807) is 25.1 Å². The molecule has 1 saturated heterocycles. The quantitative estimate of drug-likeness (QED) is 0.849. The molecule has 0 spiro atoms. The first kappa shape index (κ1) is 18.0. The third-order valence-corrected chi connectivity index (χ3v) is 4.39. The summed E-state index contributed by atoms with van der Waals surface area (Å²) in [6.07, 6.45) is 0. The van der Waals surface area contributed by atoms with Gasteiger partial charge in [-0.2, -0.15) is 0 Å². The number of nitrogens with one attached hydrogen (secondary N) is 1. The first-order valence-corrected chi connectivity index (χ1v) is 8.64. The second-order valence-electron chi connectivity index (χ2n) is 6.54. The predicted molar refractivity (Wildman–Crippen MR) is 99.9 cm³/mol. The molecule has 7 nitrogen and oxygen atoms in total. The Bertz CT molecular complexity index is 828. The number of aryl methyl sites for hydroxylation is 1. The van der Waals surface area contributed by atoms with Gasteiger partial charge in [-0.25, -0.2) is 9.97 Å². The number of ketones is 1. The molecule has 1 aromatic heterocycles. The molecule has 0 saturated carbocycles. The number of hydrogen-bond acceptors (Lipinski definition) is 6. The van der Waals surface area contributed by atoms with Crippen molar-refractivity contribution in [2.45, 2.75) is 13.8 Å². The van der Waals surface area contributed by atoms with Crippen LogP contribution in [0, 0.1) is 6.92 Å². The summed E-state index contributed by atoms with van der Waals surface area (Å²) in [5, 5.41) is 3.16. The number of benzene rings is 1. The molecule has 1 aliphatic rings. The van der Waals surface area contributed by atoms with E-state index in [-0.39, 0.29) is 11.7 Å². The van der Waals surface area contributed by atoms with Crippen molar-refractivity contribution in [2.24, 2.45) is 0 Å². The number of hydrogen-bond donors (Lipinski definition) is 1. The molecule has 1 N–H and O–H groups in total. The minimum absolute atomic E-state index is 0.00143. The fourth-order valence-corrected chi connectivity index (χ4v) is 2.88. The van der Waals surface area contributed by atoms with Gasteiger partial charge in [0.05, 0.1) is 0 Å². The summed E-state index contributed by atoms with van der Waals surface area (Å²) in [5.41, 5.74) is 1.75. The van der Waals surface area contributed by atoms with E-state index in [9.17, 15) is 9.59 Å². The Morgan fingerprint density at radius 3 is 2.50 bits per heavy atom. The third kappa shape index (κ3) is 4.23. The predicted octanol–water partition coefficient (Wildman–Crippen LogP) is 2.12. The van der Waals surface area contributed by atoms with Crippen LogP contribution in [0.1, 0.15) is 33.6 Å². The van der Waals surface area contributed by atoms with Crippen LogP contribution in [0.2, 0.25) is 0 Å². The van der Waals surface area contributed by atoms with Gasteiger partial charge in [0.25, 0.3) is 5.91 Å². The molecule has 1 amide bonds. The number of amides is 1. The molecule has 2 aromatic rings. The van der Waals surface area contributed by atoms with Crippen LogP contribution in [0.25, 0.3) is 0 Å². The topological polar surface area (TPSA) is 78.4 Å². The maximum absolute atomic E-state index is 12.8. The van der Waals surface area contributed by atoms with E-state index >= 15 is 0 Å². The monoisotopic (exact) mass is 353 g/mol. The Morgan fingerprint density at radius 1 is 1.08 bits per heavy atom. The Balaban J connectivity index is 1.80. The van der Waals surface area contributed by atoms with Crippen LogP contribution < -0.4 is 5.32 Å². The standard InChI is InChI=1S/C19H23N5O2/c1-13(25)15-5-4-6-16(11-15)22-18-12-17(20-14(2)21-18)19(26)24-9-7-23(3)8-10-24/h4-6,11-12H,7-10H2,1-3H3,(H,20,21,22). The molecule has 0 radical (unpaired) electrons. The molecular formula is C19H23N5O2. The van der Waals surface area contributed by atoms with Crippen molar-refractivity contribution >= 4 is 23.2 Å². The van der Waals surface area contributed by atoms with Crippen LogP contribution in [0.15, 0.2) is 30.3 Å². The highest BCUT2D eigenvalue weighted by atomic mass is 16.2. The molecule has 0 unspecified atom stereocenters. The Hall–Kier alpha value is -2.80. The number of aromatic nitrogens is 2. The zero-order valence-electron chi connectivity index (χ0n) is 15.3. The normalized spacial score (nSPS) is 15.0. The minimum atomic E-state index is -0.0795. The van der Waals surface area contributed by atoms with Gasteiger partial charge < -0.3 is 15.1 Å². The average Bonchev–Trinajstić information content (AvgIpc) is 2.61. The molecule has 3 rings (SSSR count). The number of nitrogens with zero attached hydrogens (tertiary/aromatic N) is 4. The first-order chi connectivity index (χ1) is 12.4. The lowest BCUT2D eigenvalue weighted by atomic mass is 10.1. The summed E-state index contributed by atoms with van der Waals surface area (Å²) < 4.78 is 0. The number of rotatable bonds is 4.